The molecule has 0 unspecified atom stereocenters. The summed E-state index contributed by atoms with van der Waals surface area (Å²) in [4.78, 5) is 14.1. The lowest BCUT2D eigenvalue weighted by Gasteiger charge is -1.97. The van der Waals surface area contributed by atoms with E-state index in [1.165, 1.54) is 6.07 Å². The number of nitro groups is 1. The normalized spacial score (nSPS) is 10.7. The predicted molar refractivity (Wildman–Crippen MR) is 58.5 cm³/mol. The van der Waals surface area contributed by atoms with Crippen LogP contribution in [0, 0.1) is 17.0 Å². The lowest BCUT2D eigenvalue weighted by Crippen LogP contribution is -1.94. The molecule has 0 aromatic carbocycles. The lowest BCUT2D eigenvalue weighted by atomic mass is 10.2. The van der Waals surface area contributed by atoms with Gasteiger partial charge in [-0.25, -0.2) is 0 Å². The molecule has 0 saturated carbocycles. The Labute approximate surface area is 89.9 Å². The van der Waals surface area contributed by atoms with Gasteiger partial charge in [0.15, 0.2) is 0 Å². The van der Waals surface area contributed by atoms with E-state index in [2.05, 4.69) is 20.9 Å². The molecule has 4 nitrogen and oxygen atoms in total. The molecule has 1 aromatic heterocycles. The zero-order valence-corrected chi connectivity index (χ0v) is 9.19. The Morgan fingerprint density at radius 3 is 3.00 bits per heavy atom. The second-order valence-electron chi connectivity index (χ2n) is 2.69. The zero-order chi connectivity index (χ0) is 10.6. The maximum absolute atomic E-state index is 10.6. The minimum Gasteiger partial charge on any atom is -0.258 e. The Kier molecular flexibility index (Phi) is 3.76. The van der Waals surface area contributed by atoms with E-state index in [1.54, 1.807) is 19.2 Å². The van der Waals surface area contributed by atoms with Crippen LogP contribution in [0.15, 0.2) is 18.3 Å². The number of halogens is 1. The average molecular weight is 257 g/mol. The summed E-state index contributed by atoms with van der Waals surface area (Å²) in [6.45, 7) is 1.62. The first kappa shape index (κ1) is 10.8. The van der Waals surface area contributed by atoms with Crippen molar-refractivity contribution >= 4 is 27.7 Å². The van der Waals surface area contributed by atoms with Gasteiger partial charge in [0, 0.05) is 17.6 Å². The smallest absolute Gasteiger partial charge is 0.258 e. The second-order valence-corrected chi connectivity index (χ2v) is 3.33. The zero-order valence-electron chi connectivity index (χ0n) is 7.61. The van der Waals surface area contributed by atoms with E-state index in [0.29, 0.717) is 11.0 Å². The molecule has 0 saturated heterocycles. The number of pyridine rings is 1. The van der Waals surface area contributed by atoms with Crippen molar-refractivity contribution in [2.45, 2.75) is 6.92 Å². The van der Waals surface area contributed by atoms with Crippen molar-refractivity contribution in [3.05, 3.63) is 39.7 Å². The standard InChI is InChI=1S/C9H9BrN2O2/c1-7-9(12(13)14)5-8(6-11-7)3-2-4-10/h2-3,5-6H,4H2,1H3. The monoisotopic (exact) mass is 256 g/mol. The Morgan fingerprint density at radius 1 is 1.71 bits per heavy atom. The van der Waals surface area contributed by atoms with Crippen molar-refractivity contribution in [3.63, 3.8) is 0 Å². The Balaban J connectivity index is 3.06. The van der Waals surface area contributed by atoms with Gasteiger partial charge in [0.05, 0.1) is 4.92 Å². The van der Waals surface area contributed by atoms with Crippen LogP contribution in [0.2, 0.25) is 0 Å². The van der Waals surface area contributed by atoms with Crippen molar-refractivity contribution in [2.75, 3.05) is 5.33 Å². The molecule has 5 heteroatoms. The van der Waals surface area contributed by atoms with Gasteiger partial charge in [0.25, 0.3) is 5.69 Å². The van der Waals surface area contributed by atoms with E-state index >= 15 is 0 Å². The predicted octanol–water partition coefficient (Wildman–Crippen LogP) is 2.71. The third-order valence-electron chi connectivity index (χ3n) is 1.68. The van der Waals surface area contributed by atoms with Crippen LogP contribution < -0.4 is 0 Å². The maximum Gasteiger partial charge on any atom is 0.291 e. The minimum atomic E-state index is -0.423. The van der Waals surface area contributed by atoms with Crippen molar-refractivity contribution in [3.8, 4) is 0 Å². The molecule has 1 heterocycles. The number of allylic oxidation sites excluding steroid dienone is 1. The number of rotatable bonds is 3. The van der Waals surface area contributed by atoms with Crippen LogP contribution in [0.4, 0.5) is 5.69 Å². The number of aromatic nitrogens is 1. The minimum absolute atomic E-state index is 0.0572. The molecule has 0 bridgehead atoms. The third kappa shape index (κ3) is 2.63. The molecular weight excluding hydrogens is 248 g/mol. The molecule has 0 atom stereocenters. The Morgan fingerprint density at radius 2 is 2.43 bits per heavy atom. The highest BCUT2D eigenvalue weighted by atomic mass is 79.9. The molecular formula is C9H9BrN2O2. The largest absolute Gasteiger partial charge is 0.291 e. The van der Waals surface area contributed by atoms with Gasteiger partial charge >= 0.3 is 0 Å². The van der Waals surface area contributed by atoms with Gasteiger partial charge in [-0.3, -0.25) is 15.1 Å². The molecule has 0 fully saturated rings. The van der Waals surface area contributed by atoms with Gasteiger partial charge in [-0.15, -0.1) is 0 Å². The van der Waals surface area contributed by atoms with Crippen LogP contribution >= 0.6 is 15.9 Å². The highest BCUT2D eigenvalue weighted by molar-refractivity contribution is 9.09. The van der Waals surface area contributed by atoms with Crippen molar-refractivity contribution in [1.82, 2.24) is 4.98 Å². The molecule has 0 radical (unpaired) electrons. The quantitative estimate of drug-likeness (QED) is 0.475. The van der Waals surface area contributed by atoms with E-state index in [0.717, 1.165) is 5.56 Å². The summed E-state index contributed by atoms with van der Waals surface area (Å²) >= 11 is 3.23. The highest BCUT2D eigenvalue weighted by Crippen LogP contribution is 2.17. The van der Waals surface area contributed by atoms with Crippen LogP contribution in [0.3, 0.4) is 0 Å². The molecule has 0 aliphatic rings. The number of aryl methyl sites for hydroxylation is 1. The van der Waals surface area contributed by atoms with Gasteiger partial charge < -0.3 is 0 Å². The lowest BCUT2D eigenvalue weighted by molar-refractivity contribution is -0.385. The SMILES string of the molecule is Cc1ncc(C=CCBr)cc1[N+](=O)[O-]. The molecule has 0 amide bonds. The molecule has 0 aliphatic heterocycles. The average Bonchev–Trinajstić information content (AvgIpc) is 2.16. The number of hydrogen-bond donors (Lipinski definition) is 0. The third-order valence-corrected chi connectivity index (χ3v) is 2.05. The number of nitrogens with zero attached hydrogens (tertiary/aromatic N) is 2. The topological polar surface area (TPSA) is 56.0 Å². The van der Waals surface area contributed by atoms with Crippen LogP contribution in [0.5, 0.6) is 0 Å². The summed E-state index contributed by atoms with van der Waals surface area (Å²) in [7, 11) is 0. The fraction of sp³-hybridized carbons (Fsp3) is 0.222. The van der Waals surface area contributed by atoms with Crippen molar-refractivity contribution in [2.24, 2.45) is 0 Å². The summed E-state index contributed by atoms with van der Waals surface area (Å²) in [5.41, 5.74) is 1.23. The molecule has 0 spiro atoms. The molecule has 1 aromatic rings. The summed E-state index contributed by atoms with van der Waals surface area (Å²) < 4.78 is 0. The van der Waals surface area contributed by atoms with Gasteiger partial charge in [-0.2, -0.15) is 0 Å². The molecule has 74 valence electrons. The fourth-order valence-electron chi connectivity index (χ4n) is 0.994. The van der Waals surface area contributed by atoms with Gasteiger partial charge in [0.2, 0.25) is 0 Å². The van der Waals surface area contributed by atoms with Crippen LogP contribution in [-0.4, -0.2) is 15.2 Å². The number of hydrogen-bond acceptors (Lipinski definition) is 3. The van der Waals surface area contributed by atoms with E-state index in [9.17, 15) is 10.1 Å². The molecule has 14 heavy (non-hydrogen) atoms. The van der Waals surface area contributed by atoms with Crippen molar-refractivity contribution in [1.29, 1.82) is 0 Å². The van der Waals surface area contributed by atoms with Crippen LogP contribution in [0.1, 0.15) is 11.3 Å². The summed E-state index contributed by atoms with van der Waals surface area (Å²) in [6.07, 6.45) is 5.26. The van der Waals surface area contributed by atoms with E-state index in [-0.39, 0.29) is 5.69 Å². The van der Waals surface area contributed by atoms with E-state index in [4.69, 9.17) is 0 Å². The first-order chi connectivity index (χ1) is 6.65. The maximum atomic E-state index is 10.6. The summed E-state index contributed by atoms with van der Waals surface area (Å²) in [5, 5.41) is 11.3. The first-order valence-electron chi connectivity index (χ1n) is 3.98. The van der Waals surface area contributed by atoms with Crippen LogP contribution in [0.25, 0.3) is 6.08 Å². The molecule has 1 rings (SSSR count). The summed E-state index contributed by atoms with van der Waals surface area (Å²) in [5.74, 6) is 0. The summed E-state index contributed by atoms with van der Waals surface area (Å²) in [6, 6.07) is 1.52. The Hall–Kier alpha value is -1.23. The van der Waals surface area contributed by atoms with Crippen LogP contribution in [-0.2, 0) is 0 Å². The second kappa shape index (κ2) is 4.85. The van der Waals surface area contributed by atoms with Gasteiger partial charge in [0.1, 0.15) is 5.69 Å². The van der Waals surface area contributed by atoms with Gasteiger partial charge in [-0.1, -0.05) is 28.1 Å². The van der Waals surface area contributed by atoms with Crippen molar-refractivity contribution < 1.29 is 4.92 Å². The highest BCUT2D eigenvalue weighted by Gasteiger charge is 2.10. The molecule has 0 N–H and O–H groups in total. The molecule has 0 aliphatic carbocycles. The fourth-order valence-corrected chi connectivity index (χ4v) is 1.18. The van der Waals surface area contributed by atoms with Gasteiger partial charge in [-0.05, 0) is 12.5 Å². The van der Waals surface area contributed by atoms with E-state index in [1.807, 2.05) is 6.08 Å². The number of alkyl halides is 1. The first-order valence-corrected chi connectivity index (χ1v) is 5.11. The van der Waals surface area contributed by atoms with E-state index < -0.39 is 4.92 Å². The Bertz CT molecular complexity index is 377.